The number of sulfonamides is 1. The Morgan fingerprint density at radius 1 is 1.40 bits per heavy atom. The van der Waals surface area contributed by atoms with Crippen LogP contribution in [-0.4, -0.2) is 35.7 Å². The van der Waals surface area contributed by atoms with Crippen LogP contribution in [0.25, 0.3) is 0 Å². The Kier molecular flexibility index (Phi) is 3.67. The average Bonchev–Trinajstić information content (AvgIpc) is 2.34. The van der Waals surface area contributed by atoms with Gasteiger partial charge in [-0.3, -0.25) is 10.1 Å². The molecule has 0 saturated heterocycles. The number of aliphatic hydroxyl groups is 1. The molecule has 0 aromatic heterocycles. The lowest BCUT2D eigenvalue weighted by Gasteiger charge is -2.36. The van der Waals surface area contributed by atoms with Gasteiger partial charge in [0.15, 0.2) is 5.75 Å². The number of nitro benzene ring substituents is 1. The summed E-state index contributed by atoms with van der Waals surface area (Å²) >= 11 is 0. The predicted octanol–water partition coefficient (Wildman–Crippen LogP) is 0.494. The molecule has 1 aromatic rings. The van der Waals surface area contributed by atoms with E-state index in [1.54, 1.807) is 0 Å². The third-order valence-corrected chi connectivity index (χ3v) is 4.73. The lowest BCUT2D eigenvalue weighted by atomic mass is 9.81. The van der Waals surface area contributed by atoms with Crippen LogP contribution in [0.4, 0.5) is 5.69 Å². The summed E-state index contributed by atoms with van der Waals surface area (Å²) in [5.74, 6) is -0.605. The zero-order valence-corrected chi connectivity index (χ0v) is 11.3. The summed E-state index contributed by atoms with van der Waals surface area (Å²) in [6, 6.07) is 2.79. The molecule has 1 aliphatic rings. The summed E-state index contributed by atoms with van der Waals surface area (Å²) in [5.41, 5.74) is -1.72. The number of aromatic hydroxyl groups is 1. The first-order chi connectivity index (χ1) is 9.23. The van der Waals surface area contributed by atoms with E-state index >= 15 is 0 Å². The van der Waals surface area contributed by atoms with Gasteiger partial charge in [0.2, 0.25) is 10.0 Å². The van der Waals surface area contributed by atoms with Gasteiger partial charge in [-0.15, -0.1) is 0 Å². The SMILES string of the molecule is O=[N+]([O-])c1cc(S(=O)(=O)NCC2(O)CCC2)ccc1O. The number of benzene rings is 1. The zero-order chi connectivity index (χ0) is 15.0. The summed E-state index contributed by atoms with van der Waals surface area (Å²) in [4.78, 5) is 9.47. The van der Waals surface area contributed by atoms with Crippen molar-refractivity contribution >= 4 is 15.7 Å². The normalized spacial score (nSPS) is 17.4. The van der Waals surface area contributed by atoms with Gasteiger partial charge in [0.05, 0.1) is 15.4 Å². The highest BCUT2D eigenvalue weighted by Crippen LogP contribution is 2.32. The number of phenols is 1. The van der Waals surface area contributed by atoms with Gasteiger partial charge in [0.1, 0.15) is 0 Å². The van der Waals surface area contributed by atoms with Crippen LogP contribution in [0, 0.1) is 10.1 Å². The van der Waals surface area contributed by atoms with E-state index in [-0.39, 0.29) is 11.4 Å². The Balaban J connectivity index is 2.21. The van der Waals surface area contributed by atoms with Crippen LogP contribution in [0.1, 0.15) is 19.3 Å². The highest BCUT2D eigenvalue weighted by molar-refractivity contribution is 7.89. The first-order valence-corrected chi connectivity index (χ1v) is 7.41. The molecule has 0 bridgehead atoms. The van der Waals surface area contributed by atoms with Crippen molar-refractivity contribution in [2.75, 3.05) is 6.54 Å². The van der Waals surface area contributed by atoms with E-state index in [1.165, 1.54) is 0 Å². The van der Waals surface area contributed by atoms with Gasteiger partial charge in [-0.2, -0.15) is 0 Å². The standard InChI is InChI=1S/C11H14N2O6S/c14-10-3-2-8(6-9(10)13(16)17)20(18,19)12-7-11(15)4-1-5-11/h2-3,6,12,14-15H,1,4-5,7H2. The molecule has 1 saturated carbocycles. The van der Waals surface area contributed by atoms with Gasteiger partial charge < -0.3 is 10.2 Å². The predicted molar refractivity (Wildman–Crippen MR) is 68.8 cm³/mol. The molecule has 20 heavy (non-hydrogen) atoms. The number of nitrogens with zero attached hydrogens (tertiary/aromatic N) is 1. The Hall–Kier alpha value is -1.71. The fourth-order valence-electron chi connectivity index (χ4n) is 1.89. The van der Waals surface area contributed by atoms with E-state index in [9.17, 15) is 28.7 Å². The largest absolute Gasteiger partial charge is 0.502 e. The van der Waals surface area contributed by atoms with Crippen molar-refractivity contribution in [3.05, 3.63) is 28.3 Å². The topological polar surface area (TPSA) is 130 Å². The highest BCUT2D eigenvalue weighted by Gasteiger charge is 2.35. The van der Waals surface area contributed by atoms with E-state index in [0.717, 1.165) is 24.6 Å². The number of nitrogens with one attached hydrogen (secondary N) is 1. The van der Waals surface area contributed by atoms with Crippen LogP contribution in [0.5, 0.6) is 5.75 Å². The van der Waals surface area contributed by atoms with Crippen LogP contribution in [0.2, 0.25) is 0 Å². The van der Waals surface area contributed by atoms with E-state index in [4.69, 9.17) is 0 Å². The summed E-state index contributed by atoms with van der Waals surface area (Å²) in [5, 5.41) is 29.8. The van der Waals surface area contributed by atoms with E-state index in [0.29, 0.717) is 12.8 Å². The average molecular weight is 302 g/mol. The molecule has 3 N–H and O–H groups in total. The van der Waals surface area contributed by atoms with Crippen molar-refractivity contribution in [2.24, 2.45) is 0 Å². The maximum absolute atomic E-state index is 12.0. The maximum Gasteiger partial charge on any atom is 0.312 e. The Morgan fingerprint density at radius 3 is 2.55 bits per heavy atom. The molecular weight excluding hydrogens is 288 g/mol. The molecule has 1 aliphatic carbocycles. The molecule has 0 aliphatic heterocycles. The van der Waals surface area contributed by atoms with Crippen LogP contribution >= 0.6 is 0 Å². The maximum atomic E-state index is 12.0. The molecule has 1 fully saturated rings. The van der Waals surface area contributed by atoms with Crippen LogP contribution < -0.4 is 4.72 Å². The second-order valence-electron chi connectivity index (χ2n) is 4.81. The minimum atomic E-state index is -3.97. The fraction of sp³-hybridized carbons (Fsp3) is 0.455. The van der Waals surface area contributed by atoms with Crippen molar-refractivity contribution in [3.63, 3.8) is 0 Å². The Bertz CT molecular complexity index is 638. The van der Waals surface area contributed by atoms with Crippen molar-refractivity contribution in [1.82, 2.24) is 4.72 Å². The van der Waals surface area contributed by atoms with Crippen molar-refractivity contribution in [3.8, 4) is 5.75 Å². The van der Waals surface area contributed by atoms with Gasteiger partial charge in [-0.05, 0) is 31.4 Å². The molecule has 110 valence electrons. The monoisotopic (exact) mass is 302 g/mol. The quantitative estimate of drug-likeness (QED) is 0.536. The smallest absolute Gasteiger partial charge is 0.312 e. The molecule has 9 heteroatoms. The molecule has 0 spiro atoms. The molecule has 0 radical (unpaired) electrons. The second-order valence-corrected chi connectivity index (χ2v) is 6.58. The first-order valence-electron chi connectivity index (χ1n) is 5.93. The summed E-state index contributed by atoms with van der Waals surface area (Å²) in [7, 11) is -3.97. The van der Waals surface area contributed by atoms with Crippen LogP contribution in [0.15, 0.2) is 23.1 Å². The third-order valence-electron chi connectivity index (χ3n) is 3.33. The third kappa shape index (κ3) is 2.89. The van der Waals surface area contributed by atoms with Gasteiger partial charge in [0, 0.05) is 12.6 Å². The Labute approximate surface area is 115 Å². The lowest BCUT2D eigenvalue weighted by Crippen LogP contribution is -2.47. The molecular formula is C11H14N2O6S. The van der Waals surface area contributed by atoms with E-state index in [1.807, 2.05) is 0 Å². The van der Waals surface area contributed by atoms with Gasteiger partial charge >= 0.3 is 5.69 Å². The van der Waals surface area contributed by atoms with E-state index in [2.05, 4.69) is 4.72 Å². The molecule has 2 rings (SSSR count). The molecule has 0 unspecified atom stereocenters. The van der Waals surface area contributed by atoms with Gasteiger partial charge in [-0.25, -0.2) is 13.1 Å². The highest BCUT2D eigenvalue weighted by atomic mass is 32.2. The second kappa shape index (κ2) is 5.00. The number of rotatable bonds is 5. The van der Waals surface area contributed by atoms with Crippen molar-refractivity contribution in [1.29, 1.82) is 0 Å². The molecule has 8 nitrogen and oxygen atoms in total. The first kappa shape index (κ1) is 14.7. The van der Waals surface area contributed by atoms with E-state index < -0.39 is 32.0 Å². The number of hydrogen-bond donors (Lipinski definition) is 3. The molecule has 1 aromatic carbocycles. The zero-order valence-electron chi connectivity index (χ0n) is 10.4. The van der Waals surface area contributed by atoms with Crippen molar-refractivity contribution < 1.29 is 23.6 Å². The Morgan fingerprint density at radius 2 is 2.05 bits per heavy atom. The van der Waals surface area contributed by atoms with Crippen LogP contribution in [0.3, 0.4) is 0 Å². The van der Waals surface area contributed by atoms with Gasteiger partial charge in [0.25, 0.3) is 0 Å². The van der Waals surface area contributed by atoms with Crippen molar-refractivity contribution in [2.45, 2.75) is 29.8 Å². The minimum Gasteiger partial charge on any atom is -0.502 e. The summed E-state index contributed by atoms with van der Waals surface area (Å²) in [6.45, 7) is -0.135. The fourth-order valence-corrected chi connectivity index (χ4v) is 3.03. The minimum absolute atomic E-state index is 0.135. The summed E-state index contributed by atoms with van der Waals surface area (Å²) < 4.78 is 26.2. The number of nitro groups is 1. The number of phenolic OH excluding ortho intramolecular Hbond substituents is 1. The molecule has 0 amide bonds. The number of hydrogen-bond acceptors (Lipinski definition) is 6. The lowest BCUT2D eigenvalue weighted by molar-refractivity contribution is -0.386. The van der Waals surface area contributed by atoms with Gasteiger partial charge in [-0.1, -0.05) is 0 Å². The summed E-state index contributed by atoms with van der Waals surface area (Å²) in [6.07, 6.45) is 1.87. The molecule has 0 heterocycles. The van der Waals surface area contributed by atoms with Crippen LogP contribution in [-0.2, 0) is 10.0 Å². The molecule has 0 atom stereocenters.